The summed E-state index contributed by atoms with van der Waals surface area (Å²) >= 11 is 0. The molecule has 2 aromatic carbocycles. The number of ether oxygens (including phenoxy) is 1. The molecular formula is C23H25F2N3O3. The maximum atomic E-state index is 13.6. The summed E-state index contributed by atoms with van der Waals surface area (Å²) in [4.78, 5) is 28.8. The molecule has 164 valence electrons. The van der Waals surface area contributed by atoms with E-state index in [1.807, 2.05) is 6.07 Å². The molecule has 2 amide bonds. The summed E-state index contributed by atoms with van der Waals surface area (Å²) in [6.45, 7) is 2.45. The highest BCUT2D eigenvalue weighted by molar-refractivity contribution is 5.80. The van der Waals surface area contributed by atoms with Crippen LogP contribution in [0.2, 0.25) is 0 Å². The van der Waals surface area contributed by atoms with Crippen LogP contribution in [0.3, 0.4) is 0 Å². The van der Waals surface area contributed by atoms with Gasteiger partial charge in [0.15, 0.2) is 6.61 Å². The number of nitrogens with one attached hydrogen (secondary N) is 1. The Labute approximate surface area is 179 Å². The van der Waals surface area contributed by atoms with E-state index in [1.54, 1.807) is 11.0 Å². The molecule has 0 aromatic heterocycles. The minimum Gasteiger partial charge on any atom is -0.484 e. The number of likely N-dealkylation sites (tertiary alicyclic amines) is 1. The van der Waals surface area contributed by atoms with Crippen LogP contribution in [-0.4, -0.2) is 59.9 Å². The van der Waals surface area contributed by atoms with Gasteiger partial charge in [-0.2, -0.15) is 0 Å². The summed E-state index contributed by atoms with van der Waals surface area (Å²) < 4.78 is 32.0. The fraction of sp³-hybridized carbons (Fsp3) is 0.391. The normalized spacial score (nSPS) is 21.7. The molecule has 2 heterocycles. The lowest BCUT2D eigenvalue weighted by Gasteiger charge is -2.33. The van der Waals surface area contributed by atoms with Crippen molar-refractivity contribution in [2.75, 3.05) is 32.8 Å². The molecule has 8 heteroatoms. The van der Waals surface area contributed by atoms with Gasteiger partial charge in [-0.3, -0.25) is 14.5 Å². The molecule has 1 N–H and O–H groups in total. The maximum absolute atomic E-state index is 13.6. The smallest absolute Gasteiger partial charge is 0.260 e. The second kappa shape index (κ2) is 9.01. The molecule has 31 heavy (non-hydrogen) atoms. The predicted molar refractivity (Wildman–Crippen MR) is 110 cm³/mol. The Kier molecular flexibility index (Phi) is 6.18. The average molecular weight is 429 g/mol. The average Bonchev–Trinajstić information content (AvgIpc) is 3.07. The van der Waals surface area contributed by atoms with Crippen molar-refractivity contribution in [3.63, 3.8) is 0 Å². The highest BCUT2D eigenvalue weighted by Gasteiger charge is 2.43. The van der Waals surface area contributed by atoms with Crippen LogP contribution < -0.4 is 10.1 Å². The van der Waals surface area contributed by atoms with Crippen LogP contribution in [0.5, 0.6) is 5.75 Å². The number of carbonyl (C=O) groups excluding carboxylic acids is 2. The maximum Gasteiger partial charge on any atom is 0.260 e. The monoisotopic (exact) mass is 429 g/mol. The van der Waals surface area contributed by atoms with Crippen LogP contribution in [0.4, 0.5) is 8.78 Å². The van der Waals surface area contributed by atoms with Crippen molar-refractivity contribution < 1.29 is 23.1 Å². The number of carbonyl (C=O) groups is 2. The molecule has 1 atom stereocenters. The summed E-state index contributed by atoms with van der Waals surface area (Å²) in [6, 6.07) is 12.0. The summed E-state index contributed by atoms with van der Waals surface area (Å²) in [5.41, 5.74) is 0.315. The molecule has 1 spiro atoms. The summed E-state index contributed by atoms with van der Waals surface area (Å²) in [5, 5.41) is 3.12. The van der Waals surface area contributed by atoms with Gasteiger partial charge >= 0.3 is 0 Å². The second-order valence-electron chi connectivity index (χ2n) is 8.23. The topological polar surface area (TPSA) is 61.9 Å². The Morgan fingerprint density at radius 2 is 1.87 bits per heavy atom. The van der Waals surface area contributed by atoms with E-state index in [2.05, 4.69) is 10.2 Å². The van der Waals surface area contributed by atoms with Gasteiger partial charge in [0.1, 0.15) is 17.4 Å². The van der Waals surface area contributed by atoms with E-state index in [0.717, 1.165) is 5.56 Å². The summed E-state index contributed by atoms with van der Waals surface area (Å²) in [6.07, 6.45) is 0.999. The molecule has 0 aliphatic carbocycles. The standard InChI is InChI=1S/C23H25F2N3O3/c24-18-4-6-20(7-5-18)31-14-22(30)28-11-9-23(16-28)15-27(10-8-21(29)26-23)13-17-2-1-3-19(25)12-17/h1-7,12H,8-11,13-16H2,(H,26,29). The van der Waals surface area contributed by atoms with E-state index in [0.29, 0.717) is 51.3 Å². The van der Waals surface area contributed by atoms with Crippen LogP contribution in [0.25, 0.3) is 0 Å². The van der Waals surface area contributed by atoms with Crippen LogP contribution >= 0.6 is 0 Å². The molecule has 2 saturated heterocycles. The zero-order chi connectivity index (χ0) is 21.8. The minimum absolute atomic E-state index is 0.0430. The quantitative estimate of drug-likeness (QED) is 0.793. The Hall–Kier alpha value is -3.00. The number of rotatable bonds is 5. The fourth-order valence-electron chi connectivity index (χ4n) is 4.28. The zero-order valence-corrected chi connectivity index (χ0v) is 17.2. The van der Waals surface area contributed by atoms with Gasteiger partial charge in [-0.25, -0.2) is 8.78 Å². The highest BCUT2D eigenvalue weighted by atomic mass is 19.1. The molecule has 2 fully saturated rings. The number of nitrogens with zero attached hydrogens (tertiary/aromatic N) is 2. The van der Waals surface area contributed by atoms with Crippen LogP contribution in [0.15, 0.2) is 48.5 Å². The van der Waals surface area contributed by atoms with E-state index in [4.69, 9.17) is 4.74 Å². The largest absolute Gasteiger partial charge is 0.484 e. The molecular weight excluding hydrogens is 404 g/mol. The first-order valence-electron chi connectivity index (χ1n) is 10.3. The van der Waals surface area contributed by atoms with E-state index in [-0.39, 0.29) is 30.1 Å². The van der Waals surface area contributed by atoms with E-state index >= 15 is 0 Å². The van der Waals surface area contributed by atoms with Crippen molar-refractivity contribution in [2.45, 2.75) is 24.9 Å². The summed E-state index contributed by atoms with van der Waals surface area (Å²) in [5.74, 6) is -0.454. The fourth-order valence-corrected chi connectivity index (χ4v) is 4.28. The van der Waals surface area contributed by atoms with Gasteiger partial charge in [-0.05, 0) is 48.4 Å². The van der Waals surface area contributed by atoms with E-state index in [9.17, 15) is 18.4 Å². The Morgan fingerprint density at radius 3 is 2.65 bits per heavy atom. The zero-order valence-electron chi connectivity index (χ0n) is 17.2. The van der Waals surface area contributed by atoms with Crippen LogP contribution in [-0.2, 0) is 16.1 Å². The third-order valence-electron chi connectivity index (χ3n) is 5.76. The molecule has 1 unspecified atom stereocenters. The minimum atomic E-state index is -0.535. The van der Waals surface area contributed by atoms with Crippen LogP contribution in [0.1, 0.15) is 18.4 Å². The predicted octanol–water partition coefficient (Wildman–Crippen LogP) is 2.34. The molecule has 6 nitrogen and oxygen atoms in total. The number of hydrogen-bond donors (Lipinski definition) is 1. The van der Waals surface area contributed by atoms with Gasteiger partial charge in [0.05, 0.1) is 5.54 Å². The molecule has 2 aliphatic heterocycles. The van der Waals surface area contributed by atoms with Gasteiger partial charge in [-0.15, -0.1) is 0 Å². The van der Waals surface area contributed by atoms with Crippen molar-refractivity contribution in [3.8, 4) is 5.75 Å². The molecule has 0 saturated carbocycles. The molecule has 0 bridgehead atoms. The third-order valence-corrected chi connectivity index (χ3v) is 5.76. The Bertz CT molecular complexity index is 953. The van der Waals surface area contributed by atoms with Crippen molar-refractivity contribution in [1.82, 2.24) is 15.1 Å². The lowest BCUT2D eigenvalue weighted by molar-refractivity contribution is -0.133. The van der Waals surface area contributed by atoms with Gasteiger partial charge in [-0.1, -0.05) is 12.1 Å². The lowest BCUT2D eigenvalue weighted by atomic mass is 9.98. The second-order valence-corrected chi connectivity index (χ2v) is 8.23. The Morgan fingerprint density at radius 1 is 1.06 bits per heavy atom. The SMILES string of the molecule is O=C1CCN(Cc2cccc(F)c2)CC2(CCN(C(=O)COc3ccc(F)cc3)C2)N1. The van der Waals surface area contributed by atoms with E-state index in [1.165, 1.54) is 36.4 Å². The lowest BCUT2D eigenvalue weighted by Crippen LogP contribution is -2.55. The summed E-state index contributed by atoms with van der Waals surface area (Å²) in [7, 11) is 0. The Balaban J connectivity index is 1.38. The number of benzene rings is 2. The van der Waals surface area contributed by atoms with Gasteiger partial charge in [0.2, 0.25) is 5.91 Å². The molecule has 2 aromatic rings. The third kappa shape index (κ3) is 5.38. The van der Waals surface area contributed by atoms with Crippen LogP contribution in [0, 0.1) is 11.6 Å². The van der Waals surface area contributed by atoms with Gasteiger partial charge in [0, 0.05) is 39.1 Å². The first-order valence-corrected chi connectivity index (χ1v) is 10.3. The van der Waals surface area contributed by atoms with Crippen molar-refractivity contribution in [2.24, 2.45) is 0 Å². The highest BCUT2D eigenvalue weighted by Crippen LogP contribution is 2.26. The first-order chi connectivity index (χ1) is 14.9. The van der Waals surface area contributed by atoms with Gasteiger partial charge in [0.25, 0.3) is 5.91 Å². The van der Waals surface area contributed by atoms with Crippen molar-refractivity contribution in [1.29, 1.82) is 0 Å². The number of amides is 2. The first kappa shape index (κ1) is 21.2. The van der Waals surface area contributed by atoms with Crippen molar-refractivity contribution in [3.05, 3.63) is 65.7 Å². The number of hydrogen-bond acceptors (Lipinski definition) is 4. The van der Waals surface area contributed by atoms with Crippen molar-refractivity contribution >= 4 is 11.8 Å². The molecule has 0 radical (unpaired) electrons. The molecule has 2 aliphatic rings. The van der Waals surface area contributed by atoms with Gasteiger partial charge < -0.3 is 15.0 Å². The molecule has 4 rings (SSSR count). The van der Waals surface area contributed by atoms with E-state index < -0.39 is 5.54 Å². The number of halogens is 2.